The number of hydrogen-bond acceptors (Lipinski definition) is 2. The minimum atomic E-state index is -0.391. The Morgan fingerprint density at radius 2 is 2.36 bits per heavy atom. The molecule has 0 aliphatic carbocycles. The van der Waals surface area contributed by atoms with E-state index in [1.54, 1.807) is 0 Å². The van der Waals surface area contributed by atoms with Crippen molar-refractivity contribution >= 4 is 5.91 Å². The summed E-state index contributed by atoms with van der Waals surface area (Å²) in [6.45, 7) is 3.39. The van der Waals surface area contributed by atoms with Gasteiger partial charge >= 0.3 is 0 Å². The van der Waals surface area contributed by atoms with Gasteiger partial charge in [-0.1, -0.05) is 0 Å². The second-order valence-electron chi connectivity index (χ2n) is 2.72. The third-order valence-electron chi connectivity index (χ3n) is 1.67. The first-order chi connectivity index (χ1) is 6.63. The van der Waals surface area contributed by atoms with Crippen molar-refractivity contribution in [3.63, 3.8) is 0 Å². The van der Waals surface area contributed by atoms with E-state index in [9.17, 15) is 9.18 Å². The first-order valence-electron chi connectivity index (χ1n) is 4.08. The lowest BCUT2D eigenvalue weighted by molar-refractivity contribution is -0.122. The first-order valence-corrected chi connectivity index (χ1v) is 4.08. The van der Waals surface area contributed by atoms with Gasteiger partial charge in [0.2, 0.25) is 0 Å². The number of halogens is 1. The van der Waals surface area contributed by atoms with Crippen LogP contribution in [-0.4, -0.2) is 19.6 Å². The van der Waals surface area contributed by atoms with Crippen molar-refractivity contribution in [3.05, 3.63) is 36.5 Å². The van der Waals surface area contributed by atoms with Crippen molar-refractivity contribution in [1.82, 2.24) is 5.32 Å². The monoisotopic (exact) mass is 196 g/mol. The molecule has 1 N–H and O–H groups in total. The van der Waals surface area contributed by atoms with Crippen LogP contribution in [0.15, 0.2) is 18.2 Å². The highest BCUT2D eigenvalue weighted by molar-refractivity contribution is 5.77. The first kappa shape index (κ1) is 10.5. The number of carbonyl (C=O) groups is 1. The molecule has 0 saturated heterocycles. The molecule has 1 aromatic rings. The maximum absolute atomic E-state index is 12.8. The van der Waals surface area contributed by atoms with Gasteiger partial charge in [-0.15, -0.1) is 0 Å². The molecule has 75 valence electrons. The Hall–Kier alpha value is -1.58. The standard InChI is InChI=1S/C10H11FNO2/c1-7-5-8(3-4-9(7)11)14-6-10(13)12-2/h3-5H,1,6H2,2H3,(H,12,13). The highest BCUT2D eigenvalue weighted by Crippen LogP contribution is 2.15. The molecule has 0 aliphatic heterocycles. The second-order valence-corrected chi connectivity index (χ2v) is 2.72. The molecule has 0 heterocycles. The maximum atomic E-state index is 12.8. The predicted molar refractivity (Wildman–Crippen MR) is 50.4 cm³/mol. The maximum Gasteiger partial charge on any atom is 0.257 e. The topological polar surface area (TPSA) is 38.3 Å². The van der Waals surface area contributed by atoms with Crippen LogP contribution < -0.4 is 10.1 Å². The molecule has 14 heavy (non-hydrogen) atoms. The van der Waals surface area contributed by atoms with Crippen molar-refractivity contribution < 1.29 is 13.9 Å². The molecule has 0 atom stereocenters. The van der Waals surface area contributed by atoms with E-state index in [1.165, 1.54) is 25.2 Å². The summed E-state index contributed by atoms with van der Waals surface area (Å²) in [6, 6.07) is 4.15. The summed E-state index contributed by atoms with van der Waals surface area (Å²) in [4.78, 5) is 10.8. The van der Waals surface area contributed by atoms with E-state index in [-0.39, 0.29) is 18.1 Å². The molecular formula is C10H11FNO2. The van der Waals surface area contributed by atoms with Crippen LogP contribution in [0, 0.1) is 12.7 Å². The molecule has 1 amide bonds. The summed E-state index contributed by atoms with van der Waals surface area (Å²) in [7, 11) is 1.52. The Morgan fingerprint density at radius 1 is 1.64 bits per heavy atom. The van der Waals surface area contributed by atoms with Gasteiger partial charge in [0, 0.05) is 7.05 Å². The predicted octanol–water partition coefficient (Wildman–Crippen LogP) is 1.13. The van der Waals surface area contributed by atoms with Crippen LogP contribution in [0.25, 0.3) is 0 Å². The van der Waals surface area contributed by atoms with Crippen molar-refractivity contribution in [2.75, 3.05) is 13.7 Å². The minimum absolute atomic E-state index is 0.0818. The van der Waals surface area contributed by atoms with Crippen LogP contribution in [0.3, 0.4) is 0 Å². The lowest BCUT2D eigenvalue weighted by atomic mass is 10.2. The molecule has 0 aromatic heterocycles. The largest absolute Gasteiger partial charge is 0.484 e. The number of rotatable bonds is 3. The Bertz CT molecular complexity index is 339. The number of benzene rings is 1. The SMILES string of the molecule is [CH2]c1cc(OCC(=O)NC)ccc1F. The second kappa shape index (κ2) is 4.60. The van der Waals surface area contributed by atoms with E-state index >= 15 is 0 Å². The summed E-state index contributed by atoms with van der Waals surface area (Å²) in [5.74, 6) is -0.197. The van der Waals surface area contributed by atoms with E-state index in [0.29, 0.717) is 5.75 Å². The average Bonchev–Trinajstić information content (AvgIpc) is 2.19. The number of hydrogen-bond donors (Lipinski definition) is 1. The highest BCUT2D eigenvalue weighted by atomic mass is 19.1. The molecule has 0 spiro atoms. The van der Waals surface area contributed by atoms with Gasteiger partial charge in [0.05, 0.1) is 0 Å². The third kappa shape index (κ3) is 2.73. The van der Waals surface area contributed by atoms with Gasteiger partial charge in [-0.2, -0.15) is 0 Å². The van der Waals surface area contributed by atoms with Crippen LogP contribution in [0.4, 0.5) is 4.39 Å². The van der Waals surface area contributed by atoms with E-state index < -0.39 is 5.82 Å². The van der Waals surface area contributed by atoms with Gasteiger partial charge in [-0.25, -0.2) is 4.39 Å². The van der Waals surface area contributed by atoms with Gasteiger partial charge in [-0.05, 0) is 30.7 Å². The molecule has 3 nitrogen and oxygen atoms in total. The lowest BCUT2D eigenvalue weighted by Crippen LogP contribution is -2.24. The van der Waals surface area contributed by atoms with Crippen LogP contribution in [0.2, 0.25) is 0 Å². The van der Waals surface area contributed by atoms with E-state index in [4.69, 9.17) is 4.74 Å². The molecule has 1 aromatic carbocycles. The Kier molecular flexibility index (Phi) is 3.45. The number of ether oxygens (including phenoxy) is 1. The number of nitrogens with one attached hydrogen (secondary N) is 1. The molecule has 0 aliphatic rings. The van der Waals surface area contributed by atoms with Gasteiger partial charge in [0.25, 0.3) is 5.91 Å². The van der Waals surface area contributed by atoms with Gasteiger partial charge in [0.1, 0.15) is 11.6 Å². The molecular weight excluding hydrogens is 185 g/mol. The fraction of sp³-hybridized carbons (Fsp3) is 0.200. The minimum Gasteiger partial charge on any atom is -0.484 e. The van der Waals surface area contributed by atoms with Crippen molar-refractivity contribution in [2.45, 2.75) is 0 Å². The van der Waals surface area contributed by atoms with Crippen LogP contribution in [0.1, 0.15) is 5.56 Å². The van der Waals surface area contributed by atoms with Crippen LogP contribution >= 0.6 is 0 Å². The van der Waals surface area contributed by atoms with Gasteiger partial charge in [-0.3, -0.25) is 4.79 Å². The molecule has 1 rings (SSSR count). The third-order valence-corrected chi connectivity index (χ3v) is 1.67. The Balaban J connectivity index is 2.60. The fourth-order valence-electron chi connectivity index (χ4n) is 0.862. The van der Waals surface area contributed by atoms with E-state index in [2.05, 4.69) is 12.2 Å². The van der Waals surface area contributed by atoms with Crippen molar-refractivity contribution in [2.24, 2.45) is 0 Å². The van der Waals surface area contributed by atoms with Gasteiger partial charge in [0.15, 0.2) is 6.61 Å². The zero-order chi connectivity index (χ0) is 10.6. The smallest absolute Gasteiger partial charge is 0.257 e. The lowest BCUT2D eigenvalue weighted by Gasteiger charge is -2.05. The number of amides is 1. The van der Waals surface area contributed by atoms with Crippen molar-refractivity contribution in [3.8, 4) is 5.75 Å². The summed E-state index contributed by atoms with van der Waals surface area (Å²) in [6.07, 6.45) is 0. The molecule has 1 radical (unpaired) electrons. The van der Waals surface area contributed by atoms with E-state index in [0.717, 1.165) is 0 Å². The number of likely N-dealkylation sites (N-methyl/N-ethyl adjacent to an activating group) is 1. The Labute approximate surface area is 81.9 Å². The molecule has 0 saturated carbocycles. The van der Waals surface area contributed by atoms with E-state index in [1.807, 2.05) is 0 Å². The highest BCUT2D eigenvalue weighted by Gasteiger charge is 2.02. The van der Waals surface area contributed by atoms with Gasteiger partial charge < -0.3 is 10.1 Å². The summed E-state index contributed by atoms with van der Waals surface area (Å²) in [5, 5.41) is 2.41. The average molecular weight is 196 g/mol. The molecule has 0 bridgehead atoms. The fourth-order valence-corrected chi connectivity index (χ4v) is 0.862. The quantitative estimate of drug-likeness (QED) is 0.787. The summed E-state index contributed by atoms with van der Waals surface area (Å²) in [5.41, 5.74) is 0.249. The zero-order valence-electron chi connectivity index (χ0n) is 7.84. The van der Waals surface area contributed by atoms with Crippen molar-refractivity contribution in [1.29, 1.82) is 0 Å². The normalized spacial score (nSPS) is 9.64. The molecule has 0 unspecified atom stereocenters. The summed E-state index contributed by atoms with van der Waals surface area (Å²) < 4.78 is 17.8. The van der Waals surface area contributed by atoms with Crippen LogP contribution in [-0.2, 0) is 4.79 Å². The number of carbonyl (C=O) groups excluding carboxylic acids is 1. The zero-order valence-corrected chi connectivity index (χ0v) is 7.84. The molecule has 0 fully saturated rings. The molecule has 4 heteroatoms. The summed E-state index contributed by atoms with van der Waals surface area (Å²) >= 11 is 0. The van der Waals surface area contributed by atoms with Crippen LogP contribution in [0.5, 0.6) is 5.75 Å². The Morgan fingerprint density at radius 3 is 2.93 bits per heavy atom.